The molecular formula is C11H27Cl3O5Si2. The number of rotatable bonds is 8. The molecule has 0 aromatic heterocycles. The summed E-state index contributed by atoms with van der Waals surface area (Å²) in [5.41, 5.74) is 1.67. The van der Waals surface area contributed by atoms with Crippen molar-refractivity contribution in [3.8, 4) is 0 Å². The largest absolute Gasteiger partial charge is 0.528 e. The summed E-state index contributed by atoms with van der Waals surface area (Å²) in [6.07, 6.45) is 0. The Bertz CT molecular complexity index is 205. The Morgan fingerprint density at radius 2 is 1.14 bits per heavy atom. The monoisotopic (exact) mass is 400 g/mol. The summed E-state index contributed by atoms with van der Waals surface area (Å²) >= 11 is 15.6. The van der Waals surface area contributed by atoms with Gasteiger partial charge in [0.2, 0.25) is 0 Å². The second-order valence-electron chi connectivity index (χ2n) is 3.34. The topological polar surface area (TPSA) is 68.2 Å². The van der Waals surface area contributed by atoms with Crippen LogP contribution in [0.2, 0.25) is 6.55 Å². The second kappa shape index (κ2) is 17.2. The summed E-state index contributed by atoms with van der Waals surface area (Å²) in [7, 11) is -2.51. The fourth-order valence-corrected chi connectivity index (χ4v) is 2.72. The van der Waals surface area contributed by atoms with Gasteiger partial charge in [-0.05, 0) is 33.0 Å². The third-order valence-corrected chi connectivity index (χ3v) is 3.96. The van der Waals surface area contributed by atoms with Gasteiger partial charge >= 0.3 is 14.8 Å². The van der Waals surface area contributed by atoms with Gasteiger partial charge in [-0.25, -0.2) is 0 Å². The first-order valence-electron chi connectivity index (χ1n) is 6.50. The van der Waals surface area contributed by atoms with Gasteiger partial charge in [-0.15, -0.1) is 33.2 Å². The van der Waals surface area contributed by atoms with Gasteiger partial charge in [0.25, 0.3) is 0 Å². The van der Waals surface area contributed by atoms with Crippen molar-refractivity contribution >= 4 is 48.0 Å². The maximum Gasteiger partial charge on any atom is 0.528 e. The minimum atomic E-state index is -2.51. The summed E-state index contributed by atoms with van der Waals surface area (Å²) in [5, 5.41) is 15.2. The zero-order valence-electron chi connectivity index (χ0n) is 13.1. The summed E-state index contributed by atoms with van der Waals surface area (Å²) < 4.78 is 16.3. The third kappa shape index (κ3) is 26.1. The van der Waals surface area contributed by atoms with Crippen molar-refractivity contribution in [3.05, 3.63) is 12.3 Å². The molecule has 21 heavy (non-hydrogen) atoms. The van der Waals surface area contributed by atoms with E-state index >= 15 is 0 Å². The van der Waals surface area contributed by atoms with E-state index in [-0.39, 0.29) is 13.2 Å². The summed E-state index contributed by atoms with van der Waals surface area (Å²) in [6.45, 7) is 12.6. The first kappa shape index (κ1) is 26.7. The van der Waals surface area contributed by atoms with Gasteiger partial charge in [-0.1, -0.05) is 6.58 Å². The fraction of sp³-hybridized carbons (Fsp3) is 0.818. The van der Waals surface area contributed by atoms with Crippen molar-refractivity contribution in [1.29, 1.82) is 0 Å². The quantitative estimate of drug-likeness (QED) is 0.483. The predicted octanol–water partition coefficient (Wildman–Crippen LogP) is 3.00. The van der Waals surface area contributed by atoms with Crippen LogP contribution in [0.4, 0.5) is 0 Å². The number of aliphatic hydroxyl groups is 2. The minimum absolute atomic E-state index is 0.125. The maximum absolute atomic E-state index is 7.62. The molecule has 0 aliphatic carbocycles. The normalized spacial score (nSPS) is 10.9. The molecule has 5 nitrogen and oxygen atoms in total. The van der Waals surface area contributed by atoms with Crippen LogP contribution in [0.5, 0.6) is 0 Å². The van der Waals surface area contributed by atoms with Crippen LogP contribution in [0.3, 0.4) is 0 Å². The zero-order valence-corrected chi connectivity index (χ0v) is 17.3. The Balaban J connectivity index is -0.000000297. The van der Waals surface area contributed by atoms with E-state index in [1.807, 2.05) is 20.8 Å². The van der Waals surface area contributed by atoms with Crippen LogP contribution >= 0.6 is 33.2 Å². The summed E-state index contributed by atoms with van der Waals surface area (Å²) in [5.74, 6) is 0. The SMILES string of the molecule is C=C[Si](OCC)(OCC)OCC.C[Si](Cl)(Cl)Cl.OCCO. The highest BCUT2D eigenvalue weighted by Crippen LogP contribution is 2.17. The molecule has 0 aromatic carbocycles. The van der Waals surface area contributed by atoms with Gasteiger partial charge in [0, 0.05) is 19.8 Å². The highest BCUT2D eigenvalue weighted by Gasteiger charge is 2.36. The van der Waals surface area contributed by atoms with E-state index in [1.165, 1.54) is 0 Å². The molecule has 0 aromatic rings. The minimum Gasteiger partial charge on any atom is -0.394 e. The molecule has 0 fully saturated rings. The number of halogens is 3. The van der Waals surface area contributed by atoms with Gasteiger partial charge in [0.05, 0.1) is 13.2 Å². The van der Waals surface area contributed by atoms with Gasteiger partial charge in [-0.3, -0.25) is 0 Å². The van der Waals surface area contributed by atoms with Crippen LogP contribution in [0.1, 0.15) is 20.8 Å². The van der Waals surface area contributed by atoms with E-state index in [2.05, 4.69) is 6.58 Å². The van der Waals surface area contributed by atoms with E-state index in [0.29, 0.717) is 19.8 Å². The lowest BCUT2D eigenvalue weighted by molar-refractivity contribution is 0.0844. The predicted molar refractivity (Wildman–Crippen MR) is 94.2 cm³/mol. The van der Waals surface area contributed by atoms with Gasteiger partial charge in [-0.2, -0.15) is 0 Å². The van der Waals surface area contributed by atoms with Gasteiger partial charge in [0.15, 0.2) is 0 Å². The van der Waals surface area contributed by atoms with E-state index in [9.17, 15) is 0 Å². The van der Waals surface area contributed by atoms with Crippen LogP contribution in [-0.2, 0) is 13.3 Å². The molecule has 10 heteroatoms. The van der Waals surface area contributed by atoms with Crippen LogP contribution < -0.4 is 0 Å². The molecule has 130 valence electrons. The fourth-order valence-electron chi connectivity index (χ4n) is 0.905. The molecule has 0 spiro atoms. The Hall–Kier alpha value is 0.844. The first-order valence-corrected chi connectivity index (χ1v) is 13.8. The van der Waals surface area contributed by atoms with Crippen LogP contribution in [-0.4, -0.2) is 58.1 Å². The molecule has 0 radical (unpaired) electrons. The maximum atomic E-state index is 7.62. The zero-order chi connectivity index (χ0) is 17.4. The van der Waals surface area contributed by atoms with Crippen molar-refractivity contribution in [2.75, 3.05) is 33.0 Å². The lowest BCUT2D eigenvalue weighted by Gasteiger charge is -2.24. The summed E-state index contributed by atoms with van der Waals surface area (Å²) in [6, 6.07) is -2.19. The van der Waals surface area contributed by atoms with E-state index in [4.69, 9.17) is 56.7 Å². The van der Waals surface area contributed by atoms with Crippen molar-refractivity contribution in [3.63, 3.8) is 0 Å². The molecule has 0 saturated carbocycles. The highest BCUT2D eigenvalue weighted by molar-refractivity contribution is 7.64. The second-order valence-corrected chi connectivity index (χ2v) is 15.9. The highest BCUT2D eigenvalue weighted by atomic mass is 35.8. The molecule has 0 amide bonds. The smallest absolute Gasteiger partial charge is 0.394 e. The van der Waals surface area contributed by atoms with Crippen molar-refractivity contribution < 1.29 is 23.5 Å². The molecule has 0 atom stereocenters. The molecule has 0 aliphatic heterocycles. The Labute approximate surface area is 144 Å². The molecule has 0 heterocycles. The molecule has 0 bridgehead atoms. The third-order valence-electron chi connectivity index (χ3n) is 1.39. The molecule has 0 unspecified atom stereocenters. The van der Waals surface area contributed by atoms with Crippen molar-refractivity contribution in [2.24, 2.45) is 0 Å². The first-order chi connectivity index (χ1) is 9.66. The van der Waals surface area contributed by atoms with Gasteiger partial charge < -0.3 is 23.5 Å². The number of hydrogen-bond donors (Lipinski definition) is 2. The van der Waals surface area contributed by atoms with Gasteiger partial charge in [0.1, 0.15) is 0 Å². The molecule has 2 N–H and O–H groups in total. The standard InChI is InChI=1S/C8H18O3Si.C2H6O2.CH3Cl3Si/c1-5-9-12(8-4,10-6-2)11-7-3;3-1-2-4;1-5(2,3)4/h8H,4-7H2,1-3H3;3-4H,1-2H2;1H3. The average Bonchev–Trinajstić information content (AvgIpc) is 2.38. The summed E-state index contributed by atoms with van der Waals surface area (Å²) in [4.78, 5) is 0. The lowest BCUT2D eigenvalue weighted by atomic mass is 10.8. The number of aliphatic hydroxyl groups excluding tert-OH is 2. The van der Waals surface area contributed by atoms with Crippen molar-refractivity contribution in [2.45, 2.75) is 27.3 Å². The molecule has 0 aliphatic rings. The van der Waals surface area contributed by atoms with E-state index < -0.39 is 14.8 Å². The van der Waals surface area contributed by atoms with Crippen LogP contribution in [0, 0.1) is 0 Å². The van der Waals surface area contributed by atoms with Crippen LogP contribution in [0.25, 0.3) is 0 Å². The van der Waals surface area contributed by atoms with E-state index in [0.717, 1.165) is 0 Å². The Morgan fingerprint density at radius 1 is 0.905 bits per heavy atom. The Kier molecular flexibility index (Phi) is 21.9. The lowest BCUT2D eigenvalue weighted by Crippen LogP contribution is -2.44. The van der Waals surface area contributed by atoms with Crippen LogP contribution in [0.15, 0.2) is 12.3 Å². The molecule has 0 rings (SSSR count). The van der Waals surface area contributed by atoms with Crippen molar-refractivity contribution in [1.82, 2.24) is 0 Å². The molecular weight excluding hydrogens is 375 g/mol. The van der Waals surface area contributed by atoms with E-state index in [1.54, 1.807) is 12.2 Å². The average molecular weight is 402 g/mol. The number of hydrogen-bond acceptors (Lipinski definition) is 5. The molecule has 0 saturated heterocycles. The Morgan fingerprint density at radius 3 is 1.24 bits per heavy atom.